The molecule has 6 rings (SSSR count). The van der Waals surface area contributed by atoms with Gasteiger partial charge in [0.1, 0.15) is 0 Å². The second-order valence-corrected chi connectivity index (χ2v) is 11.3. The Hall–Kier alpha value is -4.18. The van der Waals surface area contributed by atoms with Crippen LogP contribution in [-0.4, -0.2) is 82.4 Å². The van der Waals surface area contributed by atoms with Gasteiger partial charge in [-0.15, -0.1) is 0 Å². The standard InChI is InChI=1S/C35H40N4O5/c1-26(28-9-11-29(12-10-28)34(40)36-15-4-16-37-17-21-42-22-18-37)33-35(41)39(31-5-2-3-6-32(31)44-33)25-27-7-13-30(14-8-27)38-19-23-43-24-20-38/h2-3,5-14H,4,15-25H2,1H3,(H,36,40). The average Bonchev–Trinajstić information content (AvgIpc) is 3.08. The van der Waals surface area contributed by atoms with E-state index in [0.29, 0.717) is 24.4 Å². The van der Waals surface area contributed by atoms with Crippen LogP contribution >= 0.6 is 0 Å². The van der Waals surface area contributed by atoms with Crippen molar-refractivity contribution in [3.8, 4) is 5.75 Å². The van der Waals surface area contributed by atoms with E-state index in [0.717, 1.165) is 93.6 Å². The van der Waals surface area contributed by atoms with Gasteiger partial charge in [-0.05, 0) is 67.4 Å². The fourth-order valence-corrected chi connectivity index (χ4v) is 5.80. The third-order valence-corrected chi connectivity index (χ3v) is 8.42. The molecule has 3 aromatic rings. The Morgan fingerprint density at radius 3 is 2.20 bits per heavy atom. The van der Waals surface area contributed by atoms with Crippen molar-refractivity contribution in [1.29, 1.82) is 0 Å². The molecule has 9 nitrogen and oxygen atoms in total. The summed E-state index contributed by atoms with van der Waals surface area (Å²) in [7, 11) is 0. The molecule has 0 unspecified atom stereocenters. The van der Waals surface area contributed by atoms with Crippen LogP contribution < -0.4 is 19.9 Å². The molecule has 3 heterocycles. The zero-order chi connectivity index (χ0) is 30.3. The Labute approximate surface area is 259 Å². The number of carbonyl (C=O) groups excluding carboxylic acids is 2. The molecule has 1 N–H and O–H groups in total. The quantitative estimate of drug-likeness (QED) is 0.291. The van der Waals surface area contributed by atoms with Crippen LogP contribution in [0.3, 0.4) is 0 Å². The first kappa shape index (κ1) is 29.9. The minimum absolute atomic E-state index is 0.103. The highest BCUT2D eigenvalue weighted by molar-refractivity contribution is 6.11. The van der Waals surface area contributed by atoms with Gasteiger partial charge in [0.25, 0.3) is 11.8 Å². The number of anilines is 2. The van der Waals surface area contributed by atoms with Crippen molar-refractivity contribution in [2.24, 2.45) is 0 Å². The van der Waals surface area contributed by atoms with E-state index in [-0.39, 0.29) is 17.6 Å². The Morgan fingerprint density at radius 2 is 1.48 bits per heavy atom. The van der Waals surface area contributed by atoms with Crippen LogP contribution in [-0.2, 0) is 20.8 Å². The van der Waals surface area contributed by atoms with E-state index in [1.54, 1.807) is 17.0 Å². The molecule has 0 spiro atoms. The minimum Gasteiger partial charge on any atom is -0.449 e. The topological polar surface area (TPSA) is 83.6 Å². The van der Waals surface area contributed by atoms with E-state index in [1.165, 1.54) is 0 Å². The first-order valence-electron chi connectivity index (χ1n) is 15.5. The van der Waals surface area contributed by atoms with Crippen LogP contribution in [0.4, 0.5) is 11.4 Å². The molecule has 2 fully saturated rings. The Bertz CT molecular complexity index is 1480. The van der Waals surface area contributed by atoms with Crippen LogP contribution in [0.5, 0.6) is 5.75 Å². The fraction of sp³-hybridized carbons (Fsp3) is 0.371. The van der Waals surface area contributed by atoms with E-state index in [1.807, 2.05) is 43.3 Å². The maximum Gasteiger partial charge on any atom is 0.294 e. The summed E-state index contributed by atoms with van der Waals surface area (Å²) in [6.45, 7) is 10.6. The largest absolute Gasteiger partial charge is 0.449 e. The molecule has 3 aromatic carbocycles. The average molecular weight is 597 g/mol. The highest BCUT2D eigenvalue weighted by Gasteiger charge is 2.32. The molecule has 0 saturated carbocycles. The van der Waals surface area contributed by atoms with E-state index in [2.05, 4.69) is 39.4 Å². The van der Waals surface area contributed by atoms with Crippen LogP contribution in [0.25, 0.3) is 5.57 Å². The third-order valence-electron chi connectivity index (χ3n) is 8.42. The maximum atomic E-state index is 13.9. The number of rotatable bonds is 9. The molecule has 0 aromatic heterocycles. The van der Waals surface area contributed by atoms with Gasteiger partial charge in [0, 0.05) is 49.5 Å². The van der Waals surface area contributed by atoms with Crippen molar-refractivity contribution < 1.29 is 23.8 Å². The van der Waals surface area contributed by atoms with Crippen LogP contribution in [0, 0.1) is 0 Å². The fourth-order valence-electron chi connectivity index (χ4n) is 5.80. The summed E-state index contributed by atoms with van der Waals surface area (Å²) in [5.74, 6) is 0.627. The van der Waals surface area contributed by atoms with E-state index in [9.17, 15) is 9.59 Å². The van der Waals surface area contributed by atoms with E-state index < -0.39 is 0 Å². The van der Waals surface area contributed by atoms with Crippen molar-refractivity contribution in [3.05, 3.63) is 95.2 Å². The lowest BCUT2D eigenvalue weighted by Crippen LogP contribution is -2.38. The molecule has 9 heteroatoms. The van der Waals surface area contributed by atoms with Gasteiger partial charge in [-0.25, -0.2) is 0 Å². The van der Waals surface area contributed by atoms with Gasteiger partial charge in [-0.1, -0.05) is 36.4 Å². The molecular formula is C35H40N4O5. The number of carbonyl (C=O) groups is 2. The summed E-state index contributed by atoms with van der Waals surface area (Å²) < 4.78 is 17.1. The summed E-state index contributed by atoms with van der Waals surface area (Å²) in [5.41, 5.74) is 5.06. The number of nitrogens with one attached hydrogen (secondary N) is 1. The number of allylic oxidation sites excluding steroid dienone is 1. The normalized spacial score (nSPS) is 18.4. The predicted octanol–water partition coefficient (Wildman–Crippen LogP) is 4.33. The molecule has 0 radical (unpaired) electrons. The molecule has 2 saturated heterocycles. The van der Waals surface area contributed by atoms with Crippen LogP contribution in [0.2, 0.25) is 0 Å². The lowest BCUT2D eigenvalue weighted by atomic mass is 10.0. The van der Waals surface area contributed by atoms with E-state index in [4.69, 9.17) is 14.2 Å². The Morgan fingerprint density at radius 1 is 0.818 bits per heavy atom. The van der Waals surface area contributed by atoms with Gasteiger partial charge >= 0.3 is 0 Å². The number of benzene rings is 3. The zero-order valence-corrected chi connectivity index (χ0v) is 25.3. The Kier molecular flexibility index (Phi) is 9.55. The predicted molar refractivity (Wildman–Crippen MR) is 171 cm³/mol. The highest BCUT2D eigenvalue weighted by atomic mass is 16.5. The lowest BCUT2D eigenvalue weighted by Gasteiger charge is -2.32. The SMILES string of the molecule is CC(=C1Oc2ccccc2N(Cc2ccc(N3CCOCC3)cc2)C1=O)c1ccc(C(=O)NCCCN2CCOCC2)cc1. The smallest absolute Gasteiger partial charge is 0.294 e. The van der Waals surface area contributed by atoms with Gasteiger partial charge < -0.3 is 24.4 Å². The summed E-state index contributed by atoms with van der Waals surface area (Å²) in [6, 6.07) is 23.3. The van der Waals surface area contributed by atoms with Crippen molar-refractivity contribution in [1.82, 2.24) is 10.2 Å². The number of hydrogen-bond donors (Lipinski definition) is 1. The minimum atomic E-state index is -0.194. The maximum absolute atomic E-state index is 13.9. The number of para-hydroxylation sites is 2. The number of hydrogen-bond acceptors (Lipinski definition) is 7. The van der Waals surface area contributed by atoms with Crippen molar-refractivity contribution in [3.63, 3.8) is 0 Å². The molecular weight excluding hydrogens is 556 g/mol. The monoisotopic (exact) mass is 596 g/mol. The lowest BCUT2D eigenvalue weighted by molar-refractivity contribution is -0.117. The summed E-state index contributed by atoms with van der Waals surface area (Å²) in [5, 5.41) is 3.02. The number of morpholine rings is 2. The second kappa shape index (κ2) is 14.1. The summed E-state index contributed by atoms with van der Waals surface area (Å²) >= 11 is 0. The van der Waals surface area contributed by atoms with Crippen LogP contribution in [0.15, 0.2) is 78.6 Å². The first-order valence-corrected chi connectivity index (χ1v) is 15.5. The molecule has 0 aliphatic carbocycles. The molecule has 230 valence electrons. The van der Waals surface area contributed by atoms with Crippen LogP contribution in [0.1, 0.15) is 34.8 Å². The van der Waals surface area contributed by atoms with Gasteiger partial charge in [0.2, 0.25) is 0 Å². The number of fused-ring (bicyclic) bond motifs is 1. The van der Waals surface area contributed by atoms with Crippen molar-refractivity contribution in [2.75, 3.05) is 75.5 Å². The van der Waals surface area contributed by atoms with Gasteiger partial charge in [0.15, 0.2) is 11.5 Å². The number of ether oxygens (including phenoxy) is 3. The molecule has 44 heavy (non-hydrogen) atoms. The number of nitrogens with zero attached hydrogens (tertiary/aromatic N) is 3. The summed E-state index contributed by atoms with van der Waals surface area (Å²) in [6.07, 6.45) is 0.893. The number of amides is 2. The van der Waals surface area contributed by atoms with Gasteiger partial charge in [-0.3, -0.25) is 19.4 Å². The molecule has 3 aliphatic heterocycles. The first-order chi connectivity index (χ1) is 21.6. The molecule has 0 atom stereocenters. The molecule has 0 bridgehead atoms. The van der Waals surface area contributed by atoms with Gasteiger partial charge in [0.05, 0.1) is 38.7 Å². The second-order valence-electron chi connectivity index (χ2n) is 11.3. The van der Waals surface area contributed by atoms with Crippen molar-refractivity contribution >= 4 is 28.8 Å². The summed E-state index contributed by atoms with van der Waals surface area (Å²) in [4.78, 5) is 33.1. The highest BCUT2D eigenvalue weighted by Crippen LogP contribution is 2.38. The molecule has 3 aliphatic rings. The Balaban J connectivity index is 1.13. The van der Waals surface area contributed by atoms with E-state index >= 15 is 0 Å². The zero-order valence-electron chi connectivity index (χ0n) is 25.3. The third kappa shape index (κ3) is 6.96. The van der Waals surface area contributed by atoms with Gasteiger partial charge in [-0.2, -0.15) is 0 Å². The molecule has 2 amide bonds. The van der Waals surface area contributed by atoms with Crippen molar-refractivity contribution in [2.45, 2.75) is 19.9 Å².